The number of benzene rings is 2. The van der Waals surface area contributed by atoms with Crippen LogP contribution in [-0.4, -0.2) is 40.2 Å². The van der Waals surface area contributed by atoms with Crippen LogP contribution in [0.4, 0.5) is 0 Å². The number of piperidine rings is 1. The summed E-state index contributed by atoms with van der Waals surface area (Å²) >= 11 is 0. The van der Waals surface area contributed by atoms with Gasteiger partial charge >= 0.3 is 0 Å². The van der Waals surface area contributed by atoms with E-state index in [2.05, 4.69) is 40.2 Å². The monoisotopic (exact) mass is 398 g/mol. The third kappa shape index (κ3) is 1.80. The van der Waals surface area contributed by atoms with Gasteiger partial charge in [0.1, 0.15) is 6.10 Å². The largest absolute Gasteiger partial charge is 0.504 e. The van der Waals surface area contributed by atoms with Gasteiger partial charge in [-0.1, -0.05) is 24.3 Å². The van der Waals surface area contributed by atoms with Crippen molar-refractivity contribution >= 4 is 10.9 Å². The second-order valence-corrected chi connectivity index (χ2v) is 10.3. The van der Waals surface area contributed by atoms with Crippen molar-refractivity contribution < 1.29 is 9.84 Å². The van der Waals surface area contributed by atoms with Gasteiger partial charge in [-0.15, -0.1) is 0 Å². The first-order valence-corrected chi connectivity index (χ1v) is 11.6. The Bertz CT molecular complexity index is 1230. The van der Waals surface area contributed by atoms with E-state index in [-0.39, 0.29) is 11.5 Å². The number of aromatic amines is 1. The number of phenols is 1. The Morgan fingerprint density at radius 3 is 2.93 bits per heavy atom. The van der Waals surface area contributed by atoms with Gasteiger partial charge < -0.3 is 14.8 Å². The summed E-state index contributed by atoms with van der Waals surface area (Å²) < 4.78 is 6.63. The molecule has 4 nitrogen and oxygen atoms in total. The molecule has 2 N–H and O–H groups in total. The van der Waals surface area contributed by atoms with E-state index in [0.717, 1.165) is 37.5 Å². The summed E-state index contributed by atoms with van der Waals surface area (Å²) in [6.45, 7) is 2.40. The van der Waals surface area contributed by atoms with Crippen LogP contribution in [0, 0.1) is 5.92 Å². The minimum absolute atomic E-state index is 0.000248. The maximum absolute atomic E-state index is 10.7. The van der Waals surface area contributed by atoms with Gasteiger partial charge in [0.25, 0.3) is 0 Å². The summed E-state index contributed by atoms with van der Waals surface area (Å²) in [5, 5.41) is 12.0. The number of likely N-dealkylation sites (tertiary alicyclic amines) is 1. The predicted octanol–water partition coefficient (Wildman–Crippen LogP) is 4.25. The lowest BCUT2D eigenvalue weighted by atomic mass is 9.51. The van der Waals surface area contributed by atoms with Crippen LogP contribution < -0.4 is 4.74 Å². The molecular formula is C26H26N2O2. The number of hydrogen-bond acceptors (Lipinski definition) is 3. The minimum Gasteiger partial charge on any atom is -0.504 e. The van der Waals surface area contributed by atoms with E-state index in [1.54, 1.807) is 0 Å². The zero-order valence-corrected chi connectivity index (χ0v) is 17.0. The zero-order chi connectivity index (χ0) is 19.6. The Morgan fingerprint density at radius 1 is 1.13 bits per heavy atom. The van der Waals surface area contributed by atoms with E-state index in [1.807, 2.05) is 6.07 Å². The molecule has 30 heavy (non-hydrogen) atoms. The third-order valence-electron chi connectivity index (χ3n) is 8.91. The van der Waals surface area contributed by atoms with Gasteiger partial charge in [-0.2, -0.15) is 0 Å². The van der Waals surface area contributed by atoms with Crippen LogP contribution in [-0.2, 0) is 18.3 Å². The van der Waals surface area contributed by atoms with Crippen LogP contribution in [0.3, 0.4) is 0 Å². The molecule has 2 aliphatic heterocycles. The highest BCUT2D eigenvalue weighted by Crippen LogP contribution is 2.66. The summed E-state index contributed by atoms with van der Waals surface area (Å²) in [5.74, 6) is 2.42. The number of ether oxygens (including phenoxy) is 1. The van der Waals surface area contributed by atoms with Crippen LogP contribution in [0.1, 0.15) is 47.6 Å². The molecule has 4 atom stereocenters. The number of nitrogens with zero attached hydrogens (tertiary/aromatic N) is 1. The molecule has 152 valence electrons. The predicted molar refractivity (Wildman–Crippen MR) is 115 cm³/mol. The Hall–Kier alpha value is -2.46. The fraction of sp³-hybridized carbons (Fsp3) is 0.462. The second-order valence-electron chi connectivity index (χ2n) is 10.3. The molecule has 4 heteroatoms. The molecule has 1 saturated heterocycles. The molecule has 0 unspecified atom stereocenters. The standard InChI is InChI=1S/C26H26N2O2/c29-20-8-7-15-11-19-23-24-17(16-3-1-2-4-18(16)27-24)12-21-26(23,22(15)25(20)30-21)9-10-28(19)13-14-5-6-14/h1-4,7-8,14,19,21,23,27,29H,5-6,9-13H2/t19-,21-,23+,26+/m0/s1. The molecule has 3 heterocycles. The van der Waals surface area contributed by atoms with Crippen molar-refractivity contribution in [3.63, 3.8) is 0 Å². The summed E-state index contributed by atoms with van der Waals surface area (Å²) in [6, 6.07) is 13.3. The van der Waals surface area contributed by atoms with Crippen molar-refractivity contribution in [3.05, 3.63) is 58.8 Å². The normalized spacial score (nSPS) is 33.3. The van der Waals surface area contributed by atoms with Gasteiger partial charge in [-0.3, -0.25) is 4.90 Å². The molecule has 1 aromatic heterocycles. The average molecular weight is 399 g/mol. The zero-order valence-electron chi connectivity index (χ0n) is 17.0. The molecule has 3 aromatic rings. The fourth-order valence-corrected chi connectivity index (χ4v) is 7.56. The number of aromatic nitrogens is 1. The highest BCUT2D eigenvalue weighted by Gasteiger charge is 2.65. The van der Waals surface area contributed by atoms with Crippen LogP contribution in [0.2, 0.25) is 0 Å². The Balaban J connectivity index is 1.41. The maximum atomic E-state index is 10.7. The quantitative estimate of drug-likeness (QED) is 0.678. The summed E-state index contributed by atoms with van der Waals surface area (Å²) in [5.41, 5.74) is 6.90. The van der Waals surface area contributed by atoms with E-state index in [4.69, 9.17) is 4.74 Å². The minimum atomic E-state index is 0.000248. The highest BCUT2D eigenvalue weighted by atomic mass is 16.5. The topological polar surface area (TPSA) is 48.5 Å². The van der Waals surface area contributed by atoms with Gasteiger partial charge in [-0.25, -0.2) is 0 Å². The summed E-state index contributed by atoms with van der Waals surface area (Å²) in [6.07, 6.45) is 6.05. The van der Waals surface area contributed by atoms with E-state index in [0.29, 0.717) is 17.7 Å². The molecule has 2 aromatic carbocycles. The second kappa shape index (κ2) is 5.23. The number of aromatic hydroxyl groups is 1. The molecule has 2 fully saturated rings. The molecule has 1 saturated carbocycles. The third-order valence-corrected chi connectivity index (χ3v) is 8.91. The van der Waals surface area contributed by atoms with E-state index >= 15 is 0 Å². The Kier molecular flexibility index (Phi) is 2.83. The number of para-hydroxylation sites is 1. The lowest BCUT2D eigenvalue weighted by molar-refractivity contribution is -0.00200. The van der Waals surface area contributed by atoms with Crippen LogP contribution in [0.15, 0.2) is 36.4 Å². The van der Waals surface area contributed by atoms with Crippen molar-refractivity contribution in [2.45, 2.75) is 55.6 Å². The highest BCUT2D eigenvalue weighted by molar-refractivity contribution is 5.86. The van der Waals surface area contributed by atoms with Crippen molar-refractivity contribution in [2.75, 3.05) is 13.1 Å². The first-order chi connectivity index (χ1) is 14.7. The van der Waals surface area contributed by atoms with Crippen LogP contribution in [0.5, 0.6) is 11.5 Å². The van der Waals surface area contributed by atoms with E-state index < -0.39 is 0 Å². The molecule has 1 spiro atoms. The van der Waals surface area contributed by atoms with E-state index in [1.165, 1.54) is 52.7 Å². The molecule has 0 radical (unpaired) electrons. The van der Waals surface area contributed by atoms with Gasteiger partial charge in [0.15, 0.2) is 11.5 Å². The van der Waals surface area contributed by atoms with Gasteiger partial charge in [-0.05, 0) is 61.4 Å². The number of nitrogens with one attached hydrogen (secondary N) is 1. The molecule has 5 aliphatic rings. The molecule has 2 bridgehead atoms. The number of phenolic OH excluding ortho intramolecular Hbond substituents is 1. The van der Waals surface area contributed by atoms with Gasteiger partial charge in [0.05, 0.1) is 0 Å². The maximum Gasteiger partial charge on any atom is 0.165 e. The van der Waals surface area contributed by atoms with E-state index in [9.17, 15) is 5.11 Å². The first-order valence-electron chi connectivity index (χ1n) is 11.6. The van der Waals surface area contributed by atoms with Crippen molar-refractivity contribution in [1.29, 1.82) is 0 Å². The summed E-state index contributed by atoms with van der Waals surface area (Å²) in [4.78, 5) is 6.68. The molecule has 8 rings (SSSR count). The number of fused-ring (bicyclic) bond motifs is 3. The van der Waals surface area contributed by atoms with Crippen LogP contribution >= 0.6 is 0 Å². The van der Waals surface area contributed by atoms with Crippen molar-refractivity contribution in [2.24, 2.45) is 5.92 Å². The Labute approximate surface area is 175 Å². The number of rotatable bonds is 2. The SMILES string of the molecule is Oc1ccc2c3c1O[C@H]1Cc4c([nH]c5ccccc45)[C@H]4[C@H](C2)N(CC2CC2)CC[C@]314. The first kappa shape index (κ1) is 16.3. The number of hydrogen-bond donors (Lipinski definition) is 2. The van der Waals surface area contributed by atoms with Crippen LogP contribution in [0.25, 0.3) is 10.9 Å². The molecule has 0 amide bonds. The van der Waals surface area contributed by atoms with Crippen molar-refractivity contribution in [1.82, 2.24) is 9.88 Å². The fourth-order valence-electron chi connectivity index (χ4n) is 7.56. The Morgan fingerprint density at radius 2 is 2.03 bits per heavy atom. The smallest absolute Gasteiger partial charge is 0.165 e. The molecule has 3 aliphatic carbocycles. The van der Waals surface area contributed by atoms with Gasteiger partial charge in [0, 0.05) is 52.5 Å². The lowest BCUT2D eigenvalue weighted by Crippen LogP contribution is -2.63. The average Bonchev–Trinajstić information content (AvgIpc) is 3.41. The summed E-state index contributed by atoms with van der Waals surface area (Å²) in [7, 11) is 0. The molecular weight excluding hydrogens is 372 g/mol. The van der Waals surface area contributed by atoms with Gasteiger partial charge in [0.2, 0.25) is 0 Å². The lowest BCUT2D eigenvalue weighted by Gasteiger charge is -2.58. The van der Waals surface area contributed by atoms with Crippen molar-refractivity contribution in [3.8, 4) is 11.5 Å². The number of H-pyrrole nitrogens is 1.